The summed E-state index contributed by atoms with van der Waals surface area (Å²) >= 11 is 0. The highest BCUT2D eigenvalue weighted by Crippen LogP contribution is 2.29. The summed E-state index contributed by atoms with van der Waals surface area (Å²) in [4.78, 5) is 23.6. The van der Waals surface area contributed by atoms with Gasteiger partial charge in [0, 0.05) is 17.8 Å². The topological polar surface area (TPSA) is 83.1 Å². The van der Waals surface area contributed by atoms with Crippen LogP contribution in [-0.4, -0.2) is 39.8 Å². The van der Waals surface area contributed by atoms with Crippen LogP contribution in [0.15, 0.2) is 48.5 Å². The largest absolute Gasteiger partial charge is 0.497 e. The normalized spacial score (nSPS) is 10.3. The van der Waals surface area contributed by atoms with Crippen LogP contribution in [0.1, 0.15) is 5.56 Å². The first-order chi connectivity index (χ1) is 13.0. The summed E-state index contributed by atoms with van der Waals surface area (Å²) in [6.45, 7) is -0.403. The summed E-state index contributed by atoms with van der Waals surface area (Å²) in [7, 11) is 4.60. The van der Waals surface area contributed by atoms with E-state index >= 15 is 0 Å². The Morgan fingerprint density at radius 2 is 1.63 bits per heavy atom. The molecule has 0 aliphatic heterocycles. The Balaban J connectivity index is 1.83. The number of esters is 1. The molecule has 0 aliphatic carbocycles. The second-order valence-corrected chi connectivity index (χ2v) is 5.33. The van der Waals surface area contributed by atoms with Crippen molar-refractivity contribution in [1.29, 1.82) is 0 Å². The Kier molecular flexibility index (Phi) is 7.25. The summed E-state index contributed by atoms with van der Waals surface area (Å²) in [5.74, 6) is 0.670. The molecule has 0 heterocycles. The van der Waals surface area contributed by atoms with Crippen LogP contribution in [0, 0.1) is 0 Å². The minimum atomic E-state index is -0.617. The summed E-state index contributed by atoms with van der Waals surface area (Å²) in [5.41, 5.74) is 1.31. The highest BCUT2D eigenvalue weighted by Gasteiger charge is 2.09. The van der Waals surface area contributed by atoms with Crippen molar-refractivity contribution in [2.24, 2.45) is 0 Å². The summed E-state index contributed by atoms with van der Waals surface area (Å²) in [6, 6.07) is 12.1. The first-order valence-corrected chi connectivity index (χ1v) is 8.06. The lowest BCUT2D eigenvalue weighted by Gasteiger charge is -2.10. The third-order valence-electron chi connectivity index (χ3n) is 3.54. The number of benzene rings is 2. The Hall–Kier alpha value is -3.48. The van der Waals surface area contributed by atoms with Crippen LogP contribution in [-0.2, 0) is 14.3 Å². The molecule has 0 bridgehead atoms. The Morgan fingerprint density at radius 1 is 0.926 bits per heavy atom. The number of ether oxygens (including phenoxy) is 4. The molecule has 142 valence electrons. The van der Waals surface area contributed by atoms with Crippen molar-refractivity contribution in [3.63, 3.8) is 0 Å². The third-order valence-corrected chi connectivity index (χ3v) is 3.54. The van der Waals surface area contributed by atoms with Crippen LogP contribution < -0.4 is 19.5 Å². The minimum Gasteiger partial charge on any atom is -0.497 e. The maximum Gasteiger partial charge on any atom is 0.331 e. The number of carbonyl (C=O) groups excluding carboxylic acids is 2. The second-order valence-electron chi connectivity index (χ2n) is 5.33. The molecule has 7 nitrogen and oxygen atoms in total. The average Bonchev–Trinajstić information content (AvgIpc) is 2.70. The third kappa shape index (κ3) is 6.07. The van der Waals surface area contributed by atoms with Gasteiger partial charge in [0.2, 0.25) is 0 Å². The van der Waals surface area contributed by atoms with Gasteiger partial charge in [-0.05, 0) is 35.9 Å². The molecule has 0 saturated heterocycles. The smallest absolute Gasteiger partial charge is 0.331 e. The van der Waals surface area contributed by atoms with Gasteiger partial charge in [0.1, 0.15) is 5.75 Å². The maximum atomic E-state index is 11.9. The molecule has 0 atom stereocenters. The molecule has 0 aliphatic rings. The SMILES string of the molecule is COc1ccc(/C=C/C(=O)OCC(=O)Nc2ccc(OC)c(OC)c2)cc1. The lowest BCUT2D eigenvalue weighted by Crippen LogP contribution is -2.20. The molecule has 2 rings (SSSR count). The van der Waals surface area contributed by atoms with Gasteiger partial charge < -0.3 is 24.3 Å². The first kappa shape index (κ1) is 19.8. The predicted molar refractivity (Wildman–Crippen MR) is 101 cm³/mol. The first-order valence-electron chi connectivity index (χ1n) is 8.06. The molecule has 0 spiro atoms. The maximum absolute atomic E-state index is 11.9. The molecule has 1 N–H and O–H groups in total. The van der Waals surface area contributed by atoms with E-state index in [2.05, 4.69) is 5.32 Å². The molecular formula is C20H21NO6. The highest BCUT2D eigenvalue weighted by molar-refractivity contribution is 5.94. The molecule has 7 heteroatoms. The number of amides is 1. The van der Waals surface area contributed by atoms with E-state index in [1.165, 1.54) is 20.3 Å². The number of anilines is 1. The van der Waals surface area contributed by atoms with Crippen molar-refractivity contribution in [2.75, 3.05) is 33.3 Å². The fourth-order valence-corrected chi connectivity index (χ4v) is 2.18. The number of methoxy groups -OCH3 is 3. The van der Waals surface area contributed by atoms with Crippen molar-refractivity contribution in [3.8, 4) is 17.2 Å². The molecule has 0 aromatic heterocycles. The van der Waals surface area contributed by atoms with Gasteiger partial charge >= 0.3 is 5.97 Å². The minimum absolute atomic E-state index is 0.403. The van der Waals surface area contributed by atoms with Crippen LogP contribution in [0.5, 0.6) is 17.2 Å². The summed E-state index contributed by atoms with van der Waals surface area (Å²) < 4.78 is 20.3. The summed E-state index contributed by atoms with van der Waals surface area (Å²) in [5, 5.41) is 2.62. The van der Waals surface area contributed by atoms with E-state index < -0.39 is 18.5 Å². The van der Waals surface area contributed by atoms with Crippen LogP contribution in [0.25, 0.3) is 6.08 Å². The zero-order valence-electron chi connectivity index (χ0n) is 15.4. The molecule has 0 saturated carbocycles. The molecule has 0 fully saturated rings. The van der Waals surface area contributed by atoms with Crippen LogP contribution in [0.4, 0.5) is 5.69 Å². The highest BCUT2D eigenvalue weighted by atomic mass is 16.5. The van der Waals surface area contributed by atoms with Crippen molar-refractivity contribution in [1.82, 2.24) is 0 Å². The van der Waals surface area contributed by atoms with Gasteiger partial charge in [-0.2, -0.15) is 0 Å². The van der Waals surface area contributed by atoms with Crippen LogP contribution in [0.3, 0.4) is 0 Å². The van der Waals surface area contributed by atoms with E-state index in [0.29, 0.717) is 17.2 Å². The fourth-order valence-electron chi connectivity index (χ4n) is 2.18. The molecule has 2 aromatic carbocycles. The molecule has 2 aromatic rings. The Bertz CT molecular complexity index is 814. The van der Waals surface area contributed by atoms with E-state index in [1.807, 2.05) is 0 Å². The lowest BCUT2D eigenvalue weighted by atomic mass is 10.2. The van der Waals surface area contributed by atoms with Crippen molar-refractivity contribution in [2.45, 2.75) is 0 Å². The van der Waals surface area contributed by atoms with E-state index in [-0.39, 0.29) is 0 Å². The monoisotopic (exact) mass is 371 g/mol. The number of rotatable bonds is 8. The van der Waals surface area contributed by atoms with Gasteiger partial charge in [0.15, 0.2) is 18.1 Å². The zero-order valence-corrected chi connectivity index (χ0v) is 15.4. The van der Waals surface area contributed by atoms with Crippen molar-refractivity contribution in [3.05, 3.63) is 54.1 Å². The Labute approximate surface area is 157 Å². The standard InChI is InChI=1S/C20H21NO6/c1-24-16-8-4-14(5-9-16)6-11-20(23)27-13-19(22)21-15-7-10-17(25-2)18(12-15)26-3/h4-12H,13H2,1-3H3,(H,21,22)/b11-6+. The zero-order chi connectivity index (χ0) is 19.6. The van der Waals surface area contributed by atoms with E-state index in [0.717, 1.165) is 11.3 Å². The molecule has 27 heavy (non-hydrogen) atoms. The quantitative estimate of drug-likeness (QED) is 0.567. The molecule has 0 unspecified atom stereocenters. The van der Waals surface area contributed by atoms with Gasteiger partial charge in [0.25, 0.3) is 5.91 Å². The number of hydrogen-bond donors (Lipinski definition) is 1. The van der Waals surface area contributed by atoms with E-state index in [4.69, 9.17) is 18.9 Å². The van der Waals surface area contributed by atoms with Crippen molar-refractivity contribution >= 4 is 23.6 Å². The molecule has 0 radical (unpaired) electrons. The van der Waals surface area contributed by atoms with E-state index in [1.54, 1.807) is 55.7 Å². The van der Waals surface area contributed by atoms with Gasteiger partial charge in [-0.15, -0.1) is 0 Å². The number of carbonyl (C=O) groups is 2. The van der Waals surface area contributed by atoms with Gasteiger partial charge in [-0.25, -0.2) is 4.79 Å². The van der Waals surface area contributed by atoms with Crippen molar-refractivity contribution < 1.29 is 28.5 Å². The number of nitrogens with one attached hydrogen (secondary N) is 1. The summed E-state index contributed by atoms with van der Waals surface area (Å²) in [6.07, 6.45) is 2.85. The van der Waals surface area contributed by atoms with Gasteiger partial charge in [-0.1, -0.05) is 12.1 Å². The Morgan fingerprint density at radius 3 is 2.26 bits per heavy atom. The van der Waals surface area contributed by atoms with Crippen LogP contribution >= 0.6 is 0 Å². The van der Waals surface area contributed by atoms with E-state index in [9.17, 15) is 9.59 Å². The fraction of sp³-hybridized carbons (Fsp3) is 0.200. The number of hydrogen-bond acceptors (Lipinski definition) is 6. The second kappa shape index (κ2) is 9.86. The molecule has 1 amide bonds. The predicted octanol–water partition coefficient (Wildman–Crippen LogP) is 2.91. The molecular weight excluding hydrogens is 350 g/mol. The van der Waals surface area contributed by atoms with Gasteiger partial charge in [0.05, 0.1) is 21.3 Å². The van der Waals surface area contributed by atoms with Gasteiger partial charge in [-0.3, -0.25) is 4.79 Å². The lowest BCUT2D eigenvalue weighted by molar-refractivity contribution is -0.142. The average molecular weight is 371 g/mol. The van der Waals surface area contributed by atoms with Crippen LogP contribution in [0.2, 0.25) is 0 Å².